The summed E-state index contributed by atoms with van der Waals surface area (Å²) in [7, 11) is 0. The zero-order valence-corrected chi connectivity index (χ0v) is 5.82. The summed E-state index contributed by atoms with van der Waals surface area (Å²) in [5.74, 6) is 0.778. The van der Waals surface area contributed by atoms with Gasteiger partial charge in [0.15, 0.2) is 0 Å². The molecule has 7 heavy (non-hydrogen) atoms. The molecule has 2 atom stereocenters. The summed E-state index contributed by atoms with van der Waals surface area (Å²) in [6.07, 6.45) is 2.56. The van der Waals surface area contributed by atoms with Crippen LogP contribution in [0.5, 0.6) is 0 Å². The first-order valence-electron chi connectivity index (χ1n) is 2.66. The second-order valence-corrected chi connectivity index (χ2v) is 2.80. The summed E-state index contributed by atoms with van der Waals surface area (Å²) < 4.78 is 0. The molecule has 1 fully saturated rings. The lowest BCUT2D eigenvalue weighted by molar-refractivity contribution is 0.289. The van der Waals surface area contributed by atoms with Gasteiger partial charge in [0.2, 0.25) is 0 Å². The monoisotopic (exact) mass is 163 g/mol. The van der Waals surface area contributed by atoms with E-state index in [-0.39, 0.29) is 0 Å². The molecule has 1 rings (SSSR count). The van der Waals surface area contributed by atoms with Gasteiger partial charge in [-0.1, -0.05) is 15.9 Å². The highest BCUT2D eigenvalue weighted by Gasteiger charge is 2.25. The van der Waals surface area contributed by atoms with Crippen molar-refractivity contribution in [3.05, 3.63) is 0 Å². The van der Waals surface area contributed by atoms with Gasteiger partial charge < -0.3 is 5.73 Å². The molecule has 1 nitrogen and oxygen atoms in total. The first kappa shape index (κ1) is 5.57. The van der Waals surface area contributed by atoms with Crippen LogP contribution in [0.15, 0.2) is 0 Å². The van der Waals surface area contributed by atoms with Crippen LogP contribution in [-0.2, 0) is 0 Å². The maximum absolute atomic E-state index is 5.60. The van der Waals surface area contributed by atoms with Crippen molar-refractivity contribution < 1.29 is 0 Å². The third-order valence-corrected chi connectivity index (χ3v) is 2.51. The molecule has 1 aliphatic rings. The van der Waals surface area contributed by atoms with Crippen molar-refractivity contribution in [2.45, 2.75) is 18.9 Å². The topological polar surface area (TPSA) is 26.0 Å². The van der Waals surface area contributed by atoms with Crippen molar-refractivity contribution in [2.24, 2.45) is 11.7 Å². The van der Waals surface area contributed by atoms with E-state index in [4.69, 9.17) is 5.73 Å². The Morgan fingerprint density at radius 2 is 2.29 bits per heavy atom. The Morgan fingerprint density at radius 3 is 2.29 bits per heavy atom. The zero-order valence-electron chi connectivity index (χ0n) is 4.23. The van der Waals surface area contributed by atoms with E-state index in [0.717, 1.165) is 11.2 Å². The highest BCUT2D eigenvalue weighted by atomic mass is 79.9. The molecule has 0 amide bonds. The van der Waals surface area contributed by atoms with Crippen molar-refractivity contribution in [3.8, 4) is 0 Å². The number of halogens is 1. The molecule has 0 aromatic carbocycles. The van der Waals surface area contributed by atoms with Crippen LogP contribution in [0.2, 0.25) is 0 Å². The van der Waals surface area contributed by atoms with Crippen LogP contribution in [0.25, 0.3) is 0 Å². The molecule has 0 aromatic heterocycles. The largest absolute Gasteiger partial charge is 0.327 e. The average molecular weight is 164 g/mol. The van der Waals surface area contributed by atoms with E-state index in [0.29, 0.717) is 6.04 Å². The molecule has 0 spiro atoms. The van der Waals surface area contributed by atoms with Gasteiger partial charge in [-0.2, -0.15) is 0 Å². The second kappa shape index (κ2) is 2.14. The van der Waals surface area contributed by atoms with Gasteiger partial charge >= 0.3 is 0 Å². The van der Waals surface area contributed by atoms with Gasteiger partial charge in [0, 0.05) is 11.4 Å². The number of hydrogen-bond donors (Lipinski definition) is 1. The molecule has 0 aromatic rings. The molecule has 2 N–H and O–H groups in total. The second-order valence-electron chi connectivity index (χ2n) is 2.16. The minimum atomic E-state index is 0.499. The molecule has 42 valence electrons. The molecule has 0 heterocycles. The Hall–Kier alpha value is 0.440. The third kappa shape index (κ3) is 0.970. The summed E-state index contributed by atoms with van der Waals surface area (Å²) in [6.45, 7) is 0. The van der Waals surface area contributed by atoms with Crippen LogP contribution in [0.4, 0.5) is 0 Å². The van der Waals surface area contributed by atoms with Crippen molar-refractivity contribution >= 4 is 15.9 Å². The lowest BCUT2D eigenvalue weighted by atomic mass is 9.82. The van der Waals surface area contributed by atoms with Crippen LogP contribution >= 0.6 is 15.9 Å². The first-order chi connectivity index (χ1) is 3.34. The fourth-order valence-electron chi connectivity index (χ4n) is 0.786. The van der Waals surface area contributed by atoms with Crippen LogP contribution in [0, 0.1) is 5.92 Å². The smallest absolute Gasteiger partial charge is 0.00752 e. The predicted octanol–water partition coefficient (Wildman–Crippen LogP) is 1.12. The Balaban J connectivity index is 2.16. The lowest BCUT2D eigenvalue weighted by Gasteiger charge is -2.31. The molecule has 2 unspecified atom stereocenters. The van der Waals surface area contributed by atoms with Crippen molar-refractivity contribution in [3.63, 3.8) is 0 Å². The molecule has 1 aliphatic carbocycles. The van der Waals surface area contributed by atoms with Crippen molar-refractivity contribution in [2.75, 3.05) is 5.33 Å². The number of hydrogen-bond acceptors (Lipinski definition) is 1. The van der Waals surface area contributed by atoms with Gasteiger partial charge in [-0.15, -0.1) is 0 Å². The molecular formula is C5H10BrN. The first-order valence-corrected chi connectivity index (χ1v) is 3.78. The van der Waals surface area contributed by atoms with Crippen molar-refractivity contribution in [1.82, 2.24) is 0 Å². The minimum Gasteiger partial charge on any atom is -0.327 e. The van der Waals surface area contributed by atoms with Gasteiger partial charge in [0.1, 0.15) is 0 Å². The highest BCUT2D eigenvalue weighted by molar-refractivity contribution is 9.09. The molecule has 2 heteroatoms. The number of alkyl halides is 1. The molecular weight excluding hydrogens is 154 g/mol. The van der Waals surface area contributed by atoms with E-state index in [9.17, 15) is 0 Å². The number of nitrogens with two attached hydrogens (primary N) is 1. The van der Waals surface area contributed by atoms with Gasteiger partial charge in [0.25, 0.3) is 0 Å². The van der Waals surface area contributed by atoms with Gasteiger partial charge in [-0.3, -0.25) is 0 Å². The maximum atomic E-state index is 5.60. The van der Waals surface area contributed by atoms with Gasteiger partial charge in [0.05, 0.1) is 0 Å². The van der Waals surface area contributed by atoms with Gasteiger partial charge in [-0.25, -0.2) is 0 Å². The molecule has 0 aliphatic heterocycles. The number of rotatable bonds is 1. The summed E-state index contributed by atoms with van der Waals surface area (Å²) in [5.41, 5.74) is 5.60. The summed E-state index contributed by atoms with van der Waals surface area (Å²) >= 11 is 3.39. The predicted molar refractivity (Wildman–Crippen MR) is 34.5 cm³/mol. The van der Waals surface area contributed by atoms with E-state index in [1.165, 1.54) is 12.8 Å². The van der Waals surface area contributed by atoms with Crippen LogP contribution in [0.1, 0.15) is 12.8 Å². The molecule has 0 saturated heterocycles. The van der Waals surface area contributed by atoms with E-state index in [2.05, 4.69) is 15.9 Å². The maximum Gasteiger partial charge on any atom is 0.00752 e. The molecule has 1 saturated carbocycles. The standard InChI is InChI=1S/C5H10BrN/c6-3-4-1-2-5(4)7/h4-5H,1-3,7H2. The van der Waals surface area contributed by atoms with Crippen LogP contribution in [0.3, 0.4) is 0 Å². The minimum absolute atomic E-state index is 0.499. The van der Waals surface area contributed by atoms with Crippen LogP contribution < -0.4 is 5.73 Å². The Morgan fingerprint density at radius 1 is 1.57 bits per heavy atom. The third-order valence-electron chi connectivity index (χ3n) is 1.67. The summed E-state index contributed by atoms with van der Waals surface area (Å²) in [4.78, 5) is 0. The quantitative estimate of drug-likeness (QED) is 0.577. The summed E-state index contributed by atoms with van der Waals surface area (Å²) in [6, 6.07) is 0.499. The molecule has 0 radical (unpaired) electrons. The van der Waals surface area contributed by atoms with E-state index in [1.54, 1.807) is 0 Å². The van der Waals surface area contributed by atoms with E-state index < -0.39 is 0 Å². The lowest BCUT2D eigenvalue weighted by Crippen LogP contribution is -2.40. The van der Waals surface area contributed by atoms with E-state index >= 15 is 0 Å². The fourth-order valence-corrected chi connectivity index (χ4v) is 1.59. The Bertz CT molecular complexity index is 63.1. The van der Waals surface area contributed by atoms with Crippen LogP contribution in [-0.4, -0.2) is 11.4 Å². The van der Waals surface area contributed by atoms with E-state index in [1.807, 2.05) is 0 Å². The van der Waals surface area contributed by atoms with Crippen molar-refractivity contribution in [1.29, 1.82) is 0 Å². The SMILES string of the molecule is NC1CCC1CBr. The normalized spacial score (nSPS) is 40.3. The average Bonchev–Trinajstić information content (AvgIpc) is 1.65. The Labute approximate surface area is 52.4 Å². The molecule has 0 bridgehead atoms. The fraction of sp³-hybridized carbons (Fsp3) is 1.00. The van der Waals surface area contributed by atoms with Gasteiger partial charge in [-0.05, 0) is 18.8 Å². The Kier molecular flexibility index (Phi) is 1.70. The summed E-state index contributed by atoms with van der Waals surface area (Å²) in [5, 5.41) is 1.09. The zero-order chi connectivity index (χ0) is 5.28. The highest BCUT2D eigenvalue weighted by Crippen LogP contribution is 2.26.